The van der Waals surface area contributed by atoms with Crippen LogP contribution in [0.25, 0.3) is 0 Å². The molecular weight excluding hydrogens is 181 g/mol. The van der Waals surface area contributed by atoms with Crippen molar-refractivity contribution in [1.29, 1.82) is 0 Å². The second-order valence-electron chi connectivity index (χ2n) is 2.16. The Morgan fingerprint density at radius 1 is 1.33 bits per heavy atom. The molecule has 0 bridgehead atoms. The number of guanidine groups is 1. The standard InChI is InChI=1S/C7H7ClFN3/c8-4-1-5(9)3-6(2-4)12-7(10)11/h1-3H,(H4,10,11,12). The van der Waals surface area contributed by atoms with E-state index < -0.39 is 5.82 Å². The zero-order valence-corrected chi connectivity index (χ0v) is 6.85. The predicted octanol–water partition coefficient (Wildman–Crippen LogP) is 1.38. The van der Waals surface area contributed by atoms with E-state index in [1.807, 2.05) is 0 Å². The minimum absolute atomic E-state index is 0.128. The molecule has 64 valence electrons. The van der Waals surface area contributed by atoms with Crippen molar-refractivity contribution in [1.82, 2.24) is 0 Å². The maximum atomic E-state index is 12.6. The van der Waals surface area contributed by atoms with E-state index in [0.29, 0.717) is 5.69 Å². The molecule has 1 rings (SSSR count). The van der Waals surface area contributed by atoms with Gasteiger partial charge in [0.1, 0.15) is 5.82 Å². The van der Waals surface area contributed by atoms with E-state index in [1.165, 1.54) is 18.2 Å². The lowest BCUT2D eigenvalue weighted by Gasteiger charge is -1.96. The normalized spacial score (nSPS) is 9.50. The Balaban J connectivity index is 3.09. The van der Waals surface area contributed by atoms with Crippen LogP contribution < -0.4 is 11.5 Å². The predicted molar refractivity (Wildman–Crippen MR) is 46.9 cm³/mol. The van der Waals surface area contributed by atoms with E-state index in [9.17, 15) is 4.39 Å². The molecule has 0 aromatic heterocycles. The van der Waals surface area contributed by atoms with Crippen LogP contribution in [0.5, 0.6) is 0 Å². The highest BCUT2D eigenvalue weighted by Crippen LogP contribution is 2.19. The number of aliphatic imine (C=N–C) groups is 1. The van der Waals surface area contributed by atoms with Crippen molar-refractivity contribution in [3.8, 4) is 0 Å². The van der Waals surface area contributed by atoms with Crippen molar-refractivity contribution in [2.24, 2.45) is 16.5 Å². The molecule has 12 heavy (non-hydrogen) atoms. The molecule has 0 amide bonds. The summed E-state index contributed by atoms with van der Waals surface area (Å²) >= 11 is 5.54. The van der Waals surface area contributed by atoms with Gasteiger partial charge in [-0.1, -0.05) is 11.6 Å². The summed E-state index contributed by atoms with van der Waals surface area (Å²) in [7, 11) is 0. The van der Waals surface area contributed by atoms with E-state index in [-0.39, 0.29) is 11.0 Å². The van der Waals surface area contributed by atoms with Crippen molar-refractivity contribution < 1.29 is 4.39 Å². The van der Waals surface area contributed by atoms with Crippen LogP contribution in [-0.4, -0.2) is 5.96 Å². The molecule has 1 aromatic rings. The fourth-order valence-electron chi connectivity index (χ4n) is 0.753. The number of nitrogens with zero attached hydrogens (tertiary/aromatic N) is 1. The molecule has 0 atom stereocenters. The van der Waals surface area contributed by atoms with Gasteiger partial charge in [0.15, 0.2) is 5.96 Å². The molecule has 5 heteroatoms. The van der Waals surface area contributed by atoms with Crippen LogP contribution in [0, 0.1) is 5.82 Å². The Morgan fingerprint density at radius 3 is 2.50 bits per heavy atom. The summed E-state index contributed by atoms with van der Waals surface area (Å²) in [4.78, 5) is 3.63. The molecule has 0 aliphatic carbocycles. The average molecular weight is 188 g/mol. The number of benzene rings is 1. The first kappa shape index (κ1) is 8.80. The summed E-state index contributed by atoms with van der Waals surface area (Å²) in [6.45, 7) is 0. The number of hydrogen-bond acceptors (Lipinski definition) is 1. The van der Waals surface area contributed by atoms with Crippen LogP contribution in [0.4, 0.5) is 10.1 Å². The molecule has 1 aromatic carbocycles. The van der Waals surface area contributed by atoms with Gasteiger partial charge in [0.2, 0.25) is 0 Å². The molecule has 0 fully saturated rings. The van der Waals surface area contributed by atoms with E-state index in [4.69, 9.17) is 23.1 Å². The van der Waals surface area contributed by atoms with Crippen LogP contribution in [0.1, 0.15) is 0 Å². The Bertz CT molecular complexity index is 300. The third kappa shape index (κ3) is 2.39. The van der Waals surface area contributed by atoms with E-state index in [2.05, 4.69) is 4.99 Å². The minimum atomic E-state index is -0.470. The summed E-state index contributed by atoms with van der Waals surface area (Å²) in [6, 6.07) is 3.82. The summed E-state index contributed by atoms with van der Waals surface area (Å²) in [5.74, 6) is -0.598. The highest BCUT2D eigenvalue weighted by Gasteiger charge is 1.97. The fourth-order valence-corrected chi connectivity index (χ4v) is 0.969. The quantitative estimate of drug-likeness (QED) is 0.516. The highest BCUT2D eigenvalue weighted by atomic mass is 35.5. The van der Waals surface area contributed by atoms with E-state index >= 15 is 0 Å². The number of halogens is 2. The van der Waals surface area contributed by atoms with Gasteiger partial charge in [-0.2, -0.15) is 0 Å². The molecule has 3 nitrogen and oxygen atoms in total. The lowest BCUT2D eigenvalue weighted by molar-refractivity contribution is 0.628. The third-order valence-electron chi connectivity index (χ3n) is 1.11. The summed E-state index contributed by atoms with van der Waals surface area (Å²) in [5, 5.41) is 0.259. The van der Waals surface area contributed by atoms with Gasteiger partial charge in [-0.25, -0.2) is 9.38 Å². The molecule has 4 N–H and O–H groups in total. The first-order chi connectivity index (χ1) is 5.58. The monoisotopic (exact) mass is 187 g/mol. The second-order valence-corrected chi connectivity index (χ2v) is 2.60. The third-order valence-corrected chi connectivity index (χ3v) is 1.32. The van der Waals surface area contributed by atoms with Gasteiger partial charge in [-0.15, -0.1) is 0 Å². The number of hydrogen-bond donors (Lipinski definition) is 2. The molecular formula is C7H7ClFN3. The van der Waals surface area contributed by atoms with Gasteiger partial charge in [0, 0.05) is 5.02 Å². The fraction of sp³-hybridized carbons (Fsp3) is 0. The maximum absolute atomic E-state index is 12.6. The van der Waals surface area contributed by atoms with E-state index in [1.54, 1.807) is 0 Å². The molecule has 0 saturated heterocycles. The molecule has 0 saturated carbocycles. The van der Waals surface area contributed by atoms with Crippen molar-refractivity contribution in [3.05, 3.63) is 29.0 Å². The van der Waals surface area contributed by atoms with E-state index in [0.717, 1.165) is 0 Å². The Labute approximate surface area is 73.8 Å². The Kier molecular flexibility index (Phi) is 2.50. The van der Waals surface area contributed by atoms with Gasteiger partial charge >= 0.3 is 0 Å². The molecule has 0 heterocycles. The zero-order chi connectivity index (χ0) is 9.14. The Morgan fingerprint density at radius 2 is 2.00 bits per heavy atom. The van der Waals surface area contributed by atoms with Crippen LogP contribution in [-0.2, 0) is 0 Å². The van der Waals surface area contributed by atoms with Crippen LogP contribution >= 0.6 is 11.6 Å². The van der Waals surface area contributed by atoms with Gasteiger partial charge < -0.3 is 11.5 Å². The topological polar surface area (TPSA) is 64.4 Å². The smallest absolute Gasteiger partial charge is 0.191 e. The zero-order valence-electron chi connectivity index (χ0n) is 6.09. The second kappa shape index (κ2) is 3.40. The first-order valence-corrected chi connectivity index (χ1v) is 3.51. The number of nitrogens with two attached hydrogens (primary N) is 2. The van der Waals surface area contributed by atoms with Crippen molar-refractivity contribution in [2.45, 2.75) is 0 Å². The van der Waals surface area contributed by atoms with Gasteiger partial charge in [-0.3, -0.25) is 0 Å². The molecule has 0 aliphatic rings. The molecule has 0 radical (unpaired) electrons. The van der Waals surface area contributed by atoms with Crippen LogP contribution in [0.15, 0.2) is 23.2 Å². The van der Waals surface area contributed by atoms with Crippen LogP contribution in [0.2, 0.25) is 5.02 Å². The van der Waals surface area contributed by atoms with Gasteiger partial charge in [0.25, 0.3) is 0 Å². The minimum Gasteiger partial charge on any atom is -0.370 e. The van der Waals surface area contributed by atoms with Crippen LogP contribution in [0.3, 0.4) is 0 Å². The van der Waals surface area contributed by atoms with Crippen molar-refractivity contribution in [3.63, 3.8) is 0 Å². The van der Waals surface area contributed by atoms with Gasteiger partial charge in [-0.05, 0) is 18.2 Å². The molecule has 0 unspecified atom stereocenters. The Hall–Kier alpha value is -1.29. The van der Waals surface area contributed by atoms with Crippen molar-refractivity contribution >= 4 is 23.2 Å². The average Bonchev–Trinajstić information content (AvgIpc) is 1.81. The lowest BCUT2D eigenvalue weighted by Crippen LogP contribution is -2.21. The maximum Gasteiger partial charge on any atom is 0.191 e. The summed E-state index contributed by atoms with van der Waals surface area (Å²) < 4.78 is 12.6. The molecule has 0 aliphatic heterocycles. The molecule has 0 spiro atoms. The number of rotatable bonds is 1. The first-order valence-electron chi connectivity index (χ1n) is 3.13. The largest absolute Gasteiger partial charge is 0.370 e. The van der Waals surface area contributed by atoms with Crippen molar-refractivity contribution in [2.75, 3.05) is 0 Å². The SMILES string of the molecule is NC(N)=Nc1cc(F)cc(Cl)c1. The lowest BCUT2D eigenvalue weighted by atomic mass is 10.3. The summed E-state index contributed by atoms with van der Waals surface area (Å²) in [5.41, 5.74) is 10.5. The summed E-state index contributed by atoms with van der Waals surface area (Å²) in [6.07, 6.45) is 0. The van der Waals surface area contributed by atoms with Gasteiger partial charge in [0.05, 0.1) is 5.69 Å². The highest BCUT2D eigenvalue weighted by molar-refractivity contribution is 6.30.